The maximum Gasteiger partial charge on any atom is 0.263 e. The number of imide groups is 1. The van der Waals surface area contributed by atoms with Crippen LogP contribution in [0.15, 0.2) is 18.2 Å². The number of rotatable bonds is 5. The summed E-state index contributed by atoms with van der Waals surface area (Å²) in [7, 11) is 0. The minimum atomic E-state index is -0.514. The highest BCUT2D eigenvalue weighted by molar-refractivity contribution is 6.37. The van der Waals surface area contributed by atoms with Crippen LogP contribution in [-0.4, -0.2) is 35.7 Å². The smallest absolute Gasteiger partial charge is 0.263 e. The Morgan fingerprint density at radius 1 is 1.29 bits per heavy atom. The van der Waals surface area contributed by atoms with Gasteiger partial charge in [-0.3, -0.25) is 19.3 Å². The summed E-state index contributed by atoms with van der Waals surface area (Å²) in [6.45, 7) is 4.36. The van der Waals surface area contributed by atoms with E-state index in [0.29, 0.717) is 12.5 Å². The number of nitrogens with one attached hydrogen (secondary N) is 1. The summed E-state index contributed by atoms with van der Waals surface area (Å²) in [5, 5.41) is 2.94. The molecule has 1 aromatic carbocycles. The van der Waals surface area contributed by atoms with E-state index in [2.05, 4.69) is 19.2 Å². The molecule has 21 heavy (non-hydrogen) atoms. The lowest BCUT2D eigenvalue weighted by Gasteiger charge is -2.14. The third-order valence-corrected chi connectivity index (χ3v) is 3.61. The molecular weight excluding hydrogens is 292 g/mol. The van der Waals surface area contributed by atoms with Crippen molar-refractivity contribution in [3.63, 3.8) is 0 Å². The molecule has 0 aliphatic carbocycles. The molecule has 0 radical (unpaired) electrons. The summed E-state index contributed by atoms with van der Waals surface area (Å²) >= 11 is 5.95. The molecule has 1 heterocycles. The first kappa shape index (κ1) is 15.5. The first-order chi connectivity index (χ1) is 9.91. The number of benzene rings is 1. The van der Waals surface area contributed by atoms with Gasteiger partial charge in [0.05, 0.1) is 16.1 Å². The van der Waals surface area contributed by atoms with E-state index < -0.39 is 11.8 Å². The zero-order chi connectivity index (χ0) is 15.6. The van der Waals surface area contributed by atoms with Crippen molar-refractivity contribution in [1.82, 2.24) is 10.2 Å². The Morgan fingerprint density at radius 3 is 2.62 bits per heavy atom. The van der Waals surface area contributed by atoms with Gasteiger partial charge in [-0.25, -0.2) is 0 Å². The maximum absolute atomic E-state index is 12.2. The minimum Gasteiger partial charge on any atom is -0.355 e. The van der Waals surface area contributed by atoms with E-state index in [1.165, 1.54) is 6.07 Å². The molecule has 6 heteroatoms. The molecule has 1 aromatic rings. The molecule has 0 spiro atoms. The van der Waals surface area contributed by atoms with Crippen molar-refractivity contribution in [2.45, 2.75) is 20.3 Å². The average molecular weight is 309 g/mol. The molecule has 112 valence electrons. The topological polar surface area (TPSA) is 66.5 Å². The van der Waals surface area contributed by atoms with Crippen molar-refractivity contribution < 1.29 is 14.4 Å². The van der Waals surface area contributed by atoms with E-state index in [-0.39, 0.29) is 28.6 Å². The molecular formula is C15H17ClN2O3. The molecule has 0 saturated carbocycles. The summed E-state index contributed by atoms with van der Waals surface area (Å²) in [4.78, 5) is 37.1. The van der Waals surface area contributed by atoms with Crippen LogP contribution in [0.3, 0.4) is 0 Å². The molecule has 0 aromatic heterocycles. The first-order valence-corrected chi connectivity index (χ1v) is 7.21. The minimum absolute atomic E-state index is 0.180. The molecule has 2 rings (SSSR count). The highest BCUT2D eigenvalue weighted by Gasteiger charge is 2.37. The molecule has 1 aliphatic rings. The normalized spacial score (nSPS) is 13.8. The van der Waals surface area contributed by atoms with E-state index in [0.717, 1.165) is 11.3 Å². The van der Waals surface area contributed by atoms with Crippen LogP contribution in [0.4, 0.5) is 0 Å². The number of hydrogen-bond acceptors (Lipinski definition) is 3. The van der Waals surface area contributed by atoms with Crippen molar-refractivity contribution >= 4 is 29.3 Å². The Hall–Kier alpha value is -1.88. The van der Waals surface area contributed by atoms with Gasteiger partial charge in [-0.15, -0.1) is 0 Å². The first-order valence-electron chi connectivity index (χ1n) is 6.83. The third kappa shape index (κ3) is 3.24. The van der Waals surface area contributed by atoms with Crippen LogP contribution in [0.2, 0.25) is 5.02 Å². The summed E-state index contributed by atoms with van der Waals surface area (Å²) in [5.41, 5.74) is 0.432. The Balaban J connectivity index is 2.03. The van der Waals surface area contributed by atoms with E-state index >= 15 is 0 Å². The Morgan fingerprint density at radius 2 is 2.00 bits per heavy atom. The standard InChI is InChI=1S/C15H17ClN2O3/c1-9(2)6-7-17-12(19)8-18-14(20)10-4-3-5-11(16)13(10)15(18)21/h3-5,9H,6-8H2,1-2H3,(H,17,19). The number of halogens is 1. The van der Waals surface area contributed by atoms with Gasteiger partial charge in [-0.1, -0.05) is 31.5 Å². The largest absolute Gasteiger partial charge is 0.355 e. The fourth-order valence-electron chi connectivity index (χ4n) is 2.14. The van der Waals surface area contributed by atoms with Gasteiger partial charge in [0.15, 0.2) is 0 Å². The monoisotopic (exact) mass is 308 g/mol. The Labute approximate surface area is 128 Å². The number of carbonyl (C=O) groups excluding carboxylic acids is 3. The summed E-state index contributed by atoms with van der Waals surface area (Å²) in [6.07, 6.45) is 0.847. The molecule has 0 atom stereocenters. The van der Waals surface area contributed by atoms with E-state index in [9.17, 15) is 14.4 Å². The van der Waals surface area contributed by atoms with Crippen LogP contribution < -0.4 is 5.32 Å². The van der Waals surface area contributed by atoms with Gasteiger partial charge < -0.3 is 5.32 Å². The van der Waals surface area contributed by atoms with Crippen molar-refractivity contribution in [2.75, 3.05) is 13.1 Å². The second kappa shape index (κ2) is 6.26. The average Bonchev–Trinajstić information content (AvgIpc) is 2.65. The number of nitrogens with zero attached hydrogens (tertiary/aromatic N) is 1. The zero-order valence-electron chi connectivity index (χ0n) is 12.0. The van der Waals surface area contributed by atoms with Crippen molar-refractivity contribution in [1.29, 1.82) is 0 Å². The SMILES string of the molecule is CC(C)CCNC(=O)CN1C(=O)c2cccc(Cl)c2C1=O. The highest BCUT2D eigenvalue weighted by atomic mass is 35.5. The number of fused-ring (bicyclic) bond motifs is 1. The van der Waals surface area contributed by atoms with Crippen LogP contribution in [0.1, 0.15) is 41.0 Å². The molecule has 0 unspecified atom stereocenters. The fraction of sp³-hybridized carbons (Fsp3) is 0.400. The van der Waals surface area contributed by atoms with Crippen LogP contribution >= 0.6 is 11.6 Å². The lowest BCUT2D eigenvalue weighted by Crippen LogP contribution is -2.40. The Kier molecular flexibility index (Phi) is 4.63. The lowest BCUT2D eigenvalue weighted by atomic mass is 10.1. The van der Waals surface area contributed by atoms with E-state index in [1.54, 1.807) is 12.1 Å². The van der Waals surface area contributed by atoms with Gasteiger partial charge in [0.1, 0.15) is 6.54 Å². The number of hydrogen-bond donors (Lipinski definition) is 1. The molecule has 1 aliphatic heterocycles. The Bertz CT molecular complexity index is 599. The van der Waals surface area contributed by atoms with Crippen LogP contribution in [0.25, 0.3) is 0 Å². The molecule has 5 nitrogen and oxygen atoms in total. The van der Waals surface area contributed by atoms with E-state index in [1.807, 2.05) is 0 Å². The number of amides is 3. The van der Waals surface area contributed by atoms with Gasteiger partial charge in [0.2, 0.25) is 5.91 Å². The second-order valence-electron chi connectivity index (χ2n) is 5.39. The maximum atomic E-state index is 12.2. The van der Waals surface area contributed by atoms with E-state index in [4.69, 9.17) is 11.6 Å². The summed E-state index contributed by atoms with van der Waals surface area (Å²) in [6, 6.07) is 4.70. The molecule has 0 fully saturated rings. The van der Waals surface area contributed by atoms with Crippen LogP contribution in [0, 0.1) is 5.92 Å². The number of carbonyl (C=O) groups is 3. The van der Waals surface area contributed by atoms with Crippen molar-refractivity contribution in [3.05, 3.63) is 34.3 Å². The van der Waals surface area contributed by atoms with Crippen LogP contribution in [0.5, 0.6) is 0 Å². The third-order valence-electron chi connectivity index (χ3n) is 3.29. The second-order valence-corrected chi connectivity index (χ2v) is 5.80. The fourth-order valence-corrected chi connectivity index (χ4v) is 2.39. The van der Waals surface area contributed by atoms with Crippen LogP contribution in [-0.2, 0) is 4.79 Å². The predicted octanol–water partition coefficient (Wildman–Crippen LogP) is 2.10. The van der Waals surface area contributed by atoms with Crippen molar-refractivity contribution in [3.8, 4) is 0 Å². The highest BCUT2D eigenvalue weighted by Crippen LogP contribution is 2.28. The predicted molar refractivity (Wildman–Crippen MR) is 79.3 cm³/mol. The summed E-state index contributed by atoms with van der Waals surface area (Å²) in [5.74, 6) is -0.860. The van der Waals surface area contributed by atoms with Gasteiger partial charge >= 0.3 is 0 Å². The molecule has 3 amide bonds. The zero-order valence-corrected chi connectivity index (χ0v) is 12.7. The molecule has 0 bridgehead atoms. The van der Waals surface area contributed by atoms with Gasteiger partial charge in [-0.2, -0.15) is 0 Å². The molecule has 0 saturated heterocycles. The lowest BCUT2D eigenvalue weighted by molar-refractivity contribution is -0.121. The quantitative estimate of drug-likeness (QED) is 0.847. The van der Waals surface area contributed by atoms with Gasteiger partial charge in [0.25, 0.3) is 11.8 Å². The summed E-state index contributed by atoms with van der Waals surface area (Å²) < 4.78 is 0. The van der Waals surface area contributed by atoms with Crippen molar-refractivity contribution in [2.24, 2.45) is 5.92 Å². The molecule has 1 N–H and O–H groups in total. The van der Waals surface area contributed by atoms with Gasteiger partial charge in [-0.05, 0) is 24.5 Å². The van der Waals surface area contributed by atoms with Gasteiger partial charge in [0, 0.05) is 6.54 Å².